The quantitative estimate of drug-likeness (QED) is 0.621. The number of rotatable bonds is 6. The van der Waals surface area contributed by atoms with Gasteiger partial charge in [-0.1, -0.05) is 12.1 Å². The Hall–Kier alpha value is -3.33. The van der Waals surface area contributed by atoms with E-state index in [-0.39, 0.29) is 11.4 Å². The number of hydrogen-bond donors (Lipinski definition) is 1. The van der Waals surface area contributed by atoms with Crippen LogP contribution in [0.4, 0.5) is 26.1 Å². The second-order valence-electron chi connectivity index (χ2n) is 7.79. The van der Waals surface area contributed by atoms with E-state index in [0.717, 1.165) is 35.7 Å². The minimum Gasteiger partial charge on any atom is -0.435 e. The van der Waals surface area contributed by atoms with Crippen LogP contribution in [0.3, 0.4) is 0 Å². The summed E-state index contributed by atoms with van der Waals surface area (Å²) in [4.78, 5) is 6.69. The molecule has 2 aromatic heterocycles. The normalized spacial score (nSPS) is 15.7. The number of pyridine rings is 1. The molecule has 0 unspecified atom stereocenters. The summed E-state index contributed by atoms with van der Waals surface area (Å²) in [6, 6.07) is 12.1. The molecule has 1 fully saturated rings. The van der Waals surface area contributed by atoms with Crippen molar-refractivity contribution in [1.82, 2.24) is 15.2 Å². The number of ether oxygens (including phenoxy) is 2. The van der Waals surface area contributed by atoms with E-state index in [9.17, 15) is 8.78 Å². The molecular weight excluding hydrogens is 404 g/mol. The van der Waals surface area contributed by atoms with Crippen LogP contribution in [0.15, 0.2) is 54.9 Å². The summed E-state index contributed by atoms with van der Waals surface area (Å²) in [5.41, 5.74) is 2.22. The van der Waals surface area contributed by atoms with Gasteiger partial charge in [-0.3, -0.25) is 0 Å². The Kier molecular flexibility index (Phi) is 5.94. The number of nitrogens with zero attached hydrogens (tertiary/aromatic N) is 4. The van der Waals surface area contributed by atoms with E-state index in [2.05, 4.69) is 44.0 Å². The molecule has 162 valence electrons. The number of benzene rings is 1. The van der Waals surface area contributed by atoms with Gasteiger partial charge >= 0.3 is 6.61 Å². The molecule has 1 aliphatic heterocycles. The monoisotopic (exact) mass is 427 g/mol. The maximum atomic E-state index is 12.3. The summed E-state index contributed by atoms with van der Waals surface area (Å²) in [6.07, 6.45) is 3.36. The predicted octanol–water partition coefficient (Wildman–Crippen LogP) is 4.50. The molecular formula is C22H23F2N5O2. The van der Waals surface area contributed by atoms with Crippen LogP contribution >= 0.6 is 0 Å². The van der Waals surface area contributed by atoms with Crippen LogP contribution in [0.25, 0.3) is 11.1 Å². The van der Waals surface area contributed by atoms with Crippen LogP contribution in [-0.4, -0.2) is 47.1 Å². The molecule has 0 spiro atoms. The molecule has 0 radical (unpaired) electrons. The van der Waals surface area contributed by atoms with Crippen molar-refractivity contribution in [2.75, 3.05) is 29.9 Å². The molecule has 1 saturated heterocycles. The van der Waals surface area contributed by atoms with Gasteiger partial charge in [0.2, 0.25) is 0 Å². The van der Waals surface area contributed by atoms with Gasteiger partial charge in [0.05, 0.1) is 18.4 Å². The van der Waals surface area contributed by atoms with Crippen molar-refractivity contribution in [3.05, 3.63) is 54.9 Å². The molecule has 0 aliphatic carbocycles. The highest BCUT2D eigenvalue weighted by molar-refractivity contribution is 5.68. The number of nitrogens with one attached hydrogen (secondary N) is 1. The van der Waals surface area contributed by atoms with Crippen LogP contribution in [-0.2, 0) is 4.74 Å². The second kappa shape index (κ2) is 8.81. The first-order valence-corrected chi connectivity index (χ1v) is 9.88. The van der Waals surface area contributed by atoms with Crippen molar-refractivity contribution in [2.45, 2.75) is 26.1 Å². The maximum Gasteiger partial charge on any atom is 0.387 e. The molecule has 31 heavy (non-hydrogen) atoms. The minimum absolute atomic E-state index is 0.106. The van der Waals surface area contributed by atoms with E-state index in [1.54, 1.807) is 24.5 Å². The number of alkyl halides is 2. The molecule has 1 aromatic carbocycles. The van der Waals surface area contributed by atoms with E-state index in [4.69, 9.17) is 4.74 Å². The van der Waals surface area contributed by atoms with E-state index >= 15 is 0 Å². The molecule has 3 heterocycles. The smallest absolute Gasteiger partial charge is 0.387 e. The number of anilines is 3. The van der Waals surface area contributed by atoms with Crippen LogP contribution in [0.5, 0.6) is 5.75 Å². The van der Waals surface area contributed by atoms with E-state index in [1.807, 2.05) is 18.2 Å². The molecule has 0 saturated carbocycles. The topological polar surface area (TPSA) is 72.4 Å². The Balaban J connectivity index is 1.49. The van der Waals surface area contributed by atoms with Crippen LogP contribution < -0.4 is 15.0 Å². The van der Waals surface area contributed by atoms with Crippen LogP contribution in [0.1, 0.15) is 13.8 Å². The SMILES string of the molecule is CC1(C)CN(c2cc(Nc3cc(-c4ccc(OC(F)F)cc4)cnn3)ccn2)CCO1. The fraction of sp³-hybridized carbons (Fsp3) is 0.318. The third kappa shape index (κ3) is 5.43. The van der Waals surface area contributed by atoms with Crippen molar-refractivity contribution >= 4 is 17.3 Å². The van der Waals surface area contributed by atoms with Gasteiger partial charge in [-0.15, -0.1) is 5.10 Å². The lowest BCUT2D eigenvalue weighted by atomic mass is 10.1. The minimum atomic E-state index is -2.85. The standard InChI is InChI=1S/C22H23F2N5O2/c1-22(2)14-29(9-10-30-22)20-12-17(7-8-25-20)27-19-11-16(13-26-28-19)15-3-5-18(6-4-15)31-21(23)24/h3-8,11-13,21H,9-10,14H2,1-2H3,(H,25,27,28). The van der Waals surface area contributed by atoms with E-state index in [0.29, 0.717) is 12.4 Å². The molecule has 1 aliphatic rings. The molecule has 0 atom stereocenters. The summed E-state index contributed by atoms with van der Waals surface area (Å²) < 4.78 is 34.8. The van der Waals surface area contributed by atoms with Gasteiger partial charge in [0.15, 0.2) is 5.82 Å². The van der Waals surface area contributed by atoms with Crippen LogP contribution in [0, 0.1) is 0 Å². The summed E-state index contributed by atoms with van der Waals surface area (Å²) >= 11 is 0. The average Bonchev–Trinajstić information content (AvgIpc) is 2.74. The van der Waals surface area contributed by atoms with Gasteiger partial charge < -0.3 is 19.7 Å². The Morgan fingerprint density at radius 3 is 2.68 bits per heavy atom. The summed E-state index contributed by atoms with van der Waals surface area (Å²) in [7, 11) is 0. The zero-order chi connectivity index (χ0) is 21.8. The number of morpholine rings is 1. The molecule has 4 rings (SSSR count). The zero-order valence-electron chi connectivity index (χ0n) is 17.3. The van der Waals surface area contributed by atoms with Gasteiger partial charge in [0, 0.05) is 36.6 Å². The van der Waals surface area contributed by atoms with Crippen molar-refractivity contribution < 1.29 is 18.3 Å². The Bertz CT molecular complexity index is 1030. The van der Waals surface area contributed by atoms with Gasteiger partial charge in [-0.05, 0) is 43.7 Å². The van der Waals surface area contributed by atoms with Crippen molar-refractivity contribution in [3.63, 3.8) is 0 Å². The van der Waals surface area contributed by atoms with E-state index in [1.165, 1.54) is 12.1 Å². The van der Waals surface area contributed by atoms with Gasteiger partial charge in [0.1, 0.15) is 11.6 Å². The predicted molar refractivity (Wildman–Crippen MR) is 114 cm³/mol. The second-order valence-corrected chi connectivity index (χ2v) is 7.79. The first kappa shape index (κ1) is 20.9. The maximum absolute atomic E-state index is 12.3. The summed E-state index contributed by atoms with van der Waals surface area (Å²) in [6.45, 7) is 3.46. The Morgan fingerprint density at radius 2 is 1.94 bits per heavy atom. The van der Waals surface area contributed by atoms with Gasteiger partial charge in [-0.2, -0.15) is 13.9 Å². The average molecular weight is 427 g/mol. The Morgan fingerprint density at radius 1 is 1.13 bits per heavy atom. The summed E-state index contributed by atoms with van der Waals surface area (Å²) in [5.74, 6) is 1.53. The number of halogens is 2. The lowest BCUT2D eigenvalue weighted by Crippen LogP contribution is -2.48. The first-order valence-electron chi connectivity index (χ1n) is 9.88. The number of aromatic nitrogens is 3. The largest absolute Gasteiger partial charge is 0.435 e. The molecule has 0 amide bonds. The number of hydrogen-bond acceptors (Lipinski definition) is 7. The highest BCUT2D eigenvalue weighted by Gasteiger charge is 2.27. The van der Waals surface area contributed by atoms with Crippen molar-refractivity contribution in [3.8, 4) is 16.9 Å². The third-order valence-corrected chi connectivity index (χ3v) is 4.83. The molecule has 1 N–H and O–H groups in total. The molecule has 7 nitrogen and oxygen atoms in total. The third-order valence-electron chi connectivity index (χ3n) is 4.83. The van der Waals surface area contributed by atoms with E-state index < -0.39 is 6.61 Å². The summed E-state index contributed by atoms with van der Waals surface area (Å²) in [5, 5.41) is 11.5. The van der Waals surface area contributed by atoms with Crippen molar-refractivity contribution in [2.24, 2.45) is 0 Å². The lowest BCUT2D eigenvalue weighted by Gasteiger charge is -2.38. The molecule has 0 bridgehead atoms. The fourth-order valence-corrected chi connectivity index (χ4v) is 3.44. The van der Waals surface area contributed by atoms with Crippen molar-refractivity contribution in [1.29, 1.82) is 0 Å². The first-order chi connectivity index (χ1) is 14.9. The highest BCUT2D eigenvalue weighted by atomic mass is 19.3. The van der Waals surface area contributed by atoms with Gasteiger partial charge in [-0.25, -0.2) is 4.98 Å². The van der Waals surface area contributed by atoms with Gasteiger partial charge in [0.25, 0.3) is 0 Å². The zero-order valence-corrected chi connectivity index (χ0v) is 17.3. The Labute approximate surface area is 179 Å². The molecule has 9 heteroatoms. The van der Waals surface area contributed by atoms with Crippen LogP contribution in [0.2, 0.25) is 0 Å². The lowest BCUT2D eigenvalue weighted by molar-refractivity contribution is -0.0498. The highest BCUT2D eigenvalue weighted by Crippen LogP contribution is 2.27. The molecule has 3 aromatic rings. The fourth-order valence-electron chi connectivity index (χ4n) is 3.44.